The summed E-state index contributed by atoms with van der Waals surface area (Å²) < 4.78 is 52.3. The van der Waals surface area contributed by atoms with Crippen molar-refractivity contribution in [3.05, 3.63) is 75.7 Å². The van der Waals surface area contributed by atoms with Gasteiger partial charge in [0.15, 0.2) is 11.5 Å². The molecule has 140 valence electrons. The molecule has 0 atom stereocenters. The van der Waals surface area contributed by atoms with E-state index in [9.17, 15) is 22.0 Å². The van der Waals surface area contributed by atoms with Crippen LogP contribution in [0.2, 0.25) is 0 Å². The fourth-order valence-electron chi connectivity index (χ4n) is 2.28. The number of aryl methyl sites for hydroxylation is 2. The summed E-state index contributed by atoms with van der Waals surface area (Å²) in [5.74, 6) is -1.74. The number of nitrogens with zero attached hydrogens (tertiary/aromatic N) is 3. The highest BCUT2D eigenvalue weighted by atomic mass is 32.2. The molecule has 0 aliphatic rings. The van der Waals surface area contributed by atoms with E-state index in [1.54, 1.807) is 19.1 Å². The predicted molar refractivity (Wildman–Crippen MR) is 94.1 cm³/mol. The molecule has 0 amide bonds. The average Bonchev–Trinajstić information content (AvgIpc) is 2.90. The first-order chi connectivity index (χ1) is 12.7. The van der Waals surface area contributed by atoms with Gasteiger partial charge in [-0.2, -0.15) is 8.42 Å². The average molecular weight is 392 g/mol. The van der Waals surface area contributed by atoms with Crippen molar-refractivity contribution in [3.8, 4) is 0 Å². The highest BCUT2D eigenvalue weighted by Gasteiger charge is 2.23. The van der Waals surface area contributed by atoms with E-state index in [4.69, 9.17) is 0 Å². The van der Waals surface area contributed by atoms with Crippen LogP contribution in [0.25, 0.3) is 0 Å². The lowest BCUT2D eigenvalue weighted by atomic mass is 10.2. The molecule has 0 radical (unpaired) electrons. The van der Waals surface area contributed by atoms with Crippen molar-refractivity contribution in [2.75, 3.05) is 0 Å². The number of nitrogens with one attached hydrogen (secondary N) is 1. The van der Waals surface area contributed by atoms with Gasteiger partial charge in [0.05, 0.1) is 10.6 Å². The summed E-state index contributed by atoms with van der Waals surface area (Å²) in [5, 5.41) is 9.65. The summed E-state index contributed by atoms with van der Waals surface area (Å²) in [6.07, 6.45) is 0. The zero-order valence-electron chi connectivity index (χ0n) is 14.3. The molecule has 1 heterocycles. The lowest BCUT2D eigenvalue weighted by Gasteiger charge is -2.04. The van der Waals surface area contributed by atoms with E-state index in [2.05, 4.69) is 15.3 Å². The minimum atomic E-state index is -4.16. The number of rotatable bonds is 4. The first-order valence-electron chi connectivity index (χ1n) is 7.71. The minimum absolute atomic E-state index is 0.0792. The molecule has 0 aliphatic carbocycles. The third kappa shape index (κ3) is 3.56. The maximum atomic E-state index is 13.6. The molecule has 7 nitrogen and oxygen atoms in total. The molecular formula is C17H14F2N4O3S. The van der Waals surface area contributed by atoms with Crippen LogP contribution in [0.15, 0.2) is 62.4 Å². The Balaban J connectivity index is 2.03. The highest BCUT2D eigenvalue weighted by molar-refractivity contribution is 7.89. The van der Waals surface area contributed by atoms with Crippen molar-refractivity contribution in [1.29, 1.82) is 0 Å². The Morgan fingerprint density at radius 2 is 1.67 bits per heavy atom. The van der Waals surface area contributed by atoms with Gasteiger partial charge in [0, 0.05) is 6.07 Å². The highest BCUT2D eigenvalue weighted by Crippen LogP contribution is 2.22. The Morgan fingerprint density at radius 3 is 2.30 bits per heavy atom. The smallest absolute Gasteiger partial charge is 0.283 e. The first kappa shape index (κ1) is 18.6. The van der Waals surface area contributed by atoms with Gasteiger partial charge in [0.25, 0.3) is 10.0 Å². The first-order valence-corrected chi connectivity index (χ1v) is 9.15. The van der Waals surface area contributed by atoms with Crippen LogP contribution < -0.4 is 5.56 Å². The molecule has 10 heteroatoms. The Labute approximate surface area is 153 Å². The Morgan fingerprint density at radius 1 is 1.00 bits per heavy atom. The zero-order chi connectivity index (χ0) is 19.8. The number of azo groups is 1. The zero-order valence-corrected chi connectivity index (χ0v) is 15.1. The van der Waals surface area contributed by atoms with Crippen LogP contribution in [0, 0.1) is 25.5 Å². The number of H-pyrrole nitrogens is 1. The van der Waals surface area contributed by atoms with Crippen LogP contribution in [-0.4, -0.2) is 17.6 Å². The van der Waals surface area contributed by atoms with Crippen molar-refractivity contribution in [1.82, 2.24) is 9.19 Å². The Bertz CT molecular complexity index is 1200. The number of aromatic amines is 1. The van der Waals surface area contributed by atoms with Crippen LogP contribution in [-0.2, 0) is 10.0 Å². The third-order valence-corrected chi connectivity index (χ3v) is 5.34. The van der Waals surface area contributed by atoms with Gasteiger partial charge in [-0.25, -0.2) is 8.78 Å². The largest absolute Gasteiger partial charge is 0.309 e. The lowest BCUT2D eigenvalue weighted by molar-refractivity contribution is 0.577. The van der Waals surface area contributed by atoms with Gasteiger partial charge < -0.3 is 0 Å². The molecular weight excluding hydrogens is 378 g/mol. The van der Waals surface area contributed by atoms with Gasteiger partial charge in [0.2, 0.25) is 0 Å². The van der Waals surface area contributed by atoms with Gasteiger partial charge >= 0.3 is 5.56 Å². The number of aromatic nitrogens is 2. The van der Waals surface area contributed by atoms with Crippen LogP contribution in [0.3, 0.4) is 0 Å². The van der Waals surface area contributed by atoms with Gasteiger partial charge in [-0.1, -0.05) is 17.7 Å². The van der Waals surface area contributed by atoms with Crippen molar-refractivity contribution in [3.63, 3.8) is 0 Å². The summed E-state index contributed by atoms with van der Waals surface area (Å²) in [6.45, 7) is 3.23. The van der Waals surface area contributed by atoms with Crippen molar-refractivity contribution in [2.24, 2.45) is 10.2 Å². The summed E-state index contributed by atoms with van der Waals surface area (Å²) in [7, 11) is -4.16. The molecule has 1 aromatic heterocycles. The normalized spacial score (nSPS) is 12.0. The maximum absolute atomic E-state index is 13.6. The van der Waals surface area contributed by atoms with E-state index in [0.717, 1.165) is 17.7 Å². The second kappa shape index (κ2) is 6.88. The molecule has 2 aromatic carbocycles. The van der Waals surface area contributed by atoms with Gasteiger partial charge in [-0.3, -0.25) is 9.89 Å². The van der Waals surface area contributed by atoms with Crippen LogP contribution >= 0.6 is 0 Å². The summed E-state index contributed by atoms with van der Waals surface area (Å²) in [5.41, 5.74) is -0.556. The standard InChI is InChI=1S/C17H14F2N4O3S/c1-10-3-6-13(7-4-10)27(25,26)23-17(24)16(11(2)22-23)21-20-15-8-5-12(18)9-14(15)19/h3-9,22H,1-2H3. The molecule has 0 saturated heterocycles. The predicted octanol–water partition coefficient (Wildman–Crippen LogP) is 3.72. The third-order valence-electron chi connectivity index (χ3n) is 3.74. The Kier molecular flexibility index (Phi) is 4.75. The van der Waals surface area contributed by atoms with Crippen molar-refractivity contribution < 1.29 is 17.2 Å². The molecule has 0 fully saturated rings. The number of benzene rings is 2. The maximum Gasteiger partial charge on any atom is 0.309 e. The van der Waals surface area contributed by atoms with Crippen molar-refractivity contribution in [2.45, 2.75) is 18.7 Å². The van der Waals surface area contributed by atoms with Crippen LogP contribution in [0.4, 0.5) is 20.2 Å². The lowest BCUT2D eigenvalue weighted by Crippen LogP contribution is -2.25. The van der Waals surface area contributed by atoms with E-state index in [0.29, 0.717) is 10.2 Å². The summed E-state index contributed by atoms with van der Waals surface area (Å²) in [4.78, 5) is 12.4. The quantitative estimate of drug-likeness (QED) is 0.685. The Hall–Kier alpha value is -3.14. The van der Waals surface area contributed by atoms with E-state index in [-0.39, 0.29) is 22.0 Å². The fourth-order valence-corrected chi connectivity index (χ4v) is 3.53. The van der Waals surface area contributed by atoms with E-state index >= 15 is 0 Å². The fraction of sp³-hybridized carbons (Fsp3) is 0.118. The number of hydrogen-bond acceptors (Lipinski definition) is 5. The molecule has 3 rings (SSSR count). The van der Waals surface area contributed by atoms with Crippen LogP contribution in [0.5, 0.6) is 0 Å². The number of halogens is 2. The van der Waals surface area contributed by atoms with Crippen LogP contribution in [0.1, 0.15) is 11.3 Å². The summed E-state index contributed by atoms with van der Waals surface area (Å²) in [6, 6.07) is 8.62. The molecule has 3 aromatic rings. The molecule has 0 aliphatic heterocycles. The summed E-state index contributed by atoms with van der Waals surface area (Å²) >= 11 is 0. The molecule has 0 bridgehead atoms. The molecule has 0 saturated carbocycles. The van der Waals surface area contributed by atoms with Crippen molar-refractivity contribution >= 4 is 21.4 Å². The van der Waals surface area contributed by atoms with E-state index < -0.39 is 27.2 Å². The molecule has 0 spiro atoms. The van der Waals surface area contributed by atoms with E-state index in [1.165, 1.54) is 19.1 Å². The molecule has 27 heavy (non-hydrogen) atoms. The molecule has 1 N–H and O–H groups in total. The van der Waals surface area contributed by atoms with Gasteiger partial charge in [-0.05, 0) is 38.1 Å². The van der Waals surface area contributed by atoms with Gasteiger partial charge in [-0.15, -0.1) is 14.3 Å². The van der Waals surface area contributed by atoms with Gasteiger partial charge in [0.1, 0.15) is 11.5 Å². The monoisotopic (exact) mass is 392 g/mol. The topological polar surface area (TPSA) is 96.7 Å². The SMILES string of the molecule is Cc1ccc(S(=O)(=O)n2[nH]c(C)c(N=Nc3ccc(F)cc3F)c2=O)cc1. The van der Waals surface area contributed by atoms with E-state index in [1.807, 2.05) is 0 Å². The molecule has 0 unspecified atom stereocenters. The second-order valence-electron chi connectivity index (χ2n) is 5.77. The number of hydrogen-bond donors (Lipinski definition) is 1. The second-order valence-corrected chi connectivity index (χ2v) is 7.56. The minimum Gasteiger partial charge on any atom is -0.283 e.